The number of nitrogens with one attached hydrogen (secondary N) is 1. The van der Waals surface area contributed by atoms with Crippen LogP contribution in [0.15, 0.2) is 47.5 Å². The first kappa shape index (κ1) is 11.7. The van der Waals surface area contributed by atoms with Crippen LogP contribution in [0.25, 0.3) is 11.1 Å². The molecule has 2 nitrogen and oxygen atoms in total. The summed E-state index contributed by atoms with van der Waals surface area (Å²) in [4.78, 5) is 4.56. The van der Waals surface area contributed by atoms with Crippen molar-refractivity contribution in [3.05, 3.63) is 53.6 Å². The number of anilines is 1. The van der Waals surface area contributed by atoms with E-state index < -0.39 is 0 Å². The average molecular weight is 262 g/mol. The molecule has 1 heterocycles. The van der Waals surface area contributed by atoms with Gasteiger partial charge >= 0.3 is 0 Å². The third-order valence-electron chi connectivity index (χ3n) is 4.21. The molecule has 0 spiro atoms. The fraction of sp³-hybridized carbons (Fsp3) is 0.278. The Kier molecular flexibility index (Phi) is 2.80. The zero-order valence-electron chi connectivity index (χ0n) is 11.5. The number of amidine groups is 1. The fourth-order valence-corrected chi connectivity index (χ4v) is 3.19. The first-order chi connectivity index (χ1) is 9.90. The molecule has 1 N–H and O–H groups in total. The molecular formula is C18H18N2. The van der Waals surface area contributed by atoms with Crippen molar-refractivity contribution in [2.24, 2.45) is 4.99 Å². The molecule has 1 aliphatic carbocycles. The summed E-state index contributed by atoms with van der Waals surface area (Å²) in [6.07, 6.45) is 4.61. The van der Waals surface area contributed by atoms with Gasteiger partial charge in [-0.1, -0.05) is 30.3 Å². The maximum Gasteiger partial charge on any atom is 0.101 e. The molecular weight excluding hydrogens is 244 g/mol. The molecule has 0 radical (unpaired) electrons. The summed E-state index contributed by atoms with van der Waals surface area (Å²) >= 11 is 0. The number of hydrogen-bond donors (Lipinski definition) is 1. The minimum Gasteiger partial charge on any atom is -0.344 e. The van der Waals surface area contributed by atoms with Crippen LogP contribution in [-0.2, 0) is 6.42 Å². The predicted octanol–water partition coefficient (Wildman–Crippen LogP) is 4.25. The first-order valence-electron chi connectivity index (χ1n) is 7.42. The van der Waals surface area contributed by atoms with E-state index in [9.17, 15) is 0 Å². The molecule has 100 valence electrons. The Bertz CT molecular complexity index is 686. The molecule has 2 aromatic carbocycles. The number of nitrogens with zero attached hydrogens (tertiary/aromatic N) is 1. The Morgan fingerprint density at radius 1 is 0.900 bits per heavy atom. The van der Waals surface area contributed by atoms with Gasteiger partial charge in [0.05, 0.1) is 0 Å². The van der Waals surface area contributed by atoms with Gasteiger partial charge in [0.25, 0.3) is 0 Å². The molecule has 2 heteroatoms. The van der Waals surface area contributed by atoms with Crippen LogP contribution < -0.4 is 5.32 Å². The van der Waals surface area contributed by atoms with E-state index in [-0.39, 0.29) is 0 Å². The maximum atomic E-state index is 4.56. The fourth-order valence-electron chi connectivity index (χ4n) is 3.19. The largest absolute Gasteiger partial charge is 0.344 e. The van der Waals surface area contributed by atoms with Crippen molar-refractivity contribution in [3.8, 4) is 11.1 Å². The Balaban J connectivity index is 1.63. The summed E-state index contributed by atoms with van der Waals surface area (Å²) < 4.78 is 0. The normalized spacial score (nSPS) is 16.3. The molecule has 1 aliphatic heterocycles. The van der Waals surface area contributed by atoms with E-state index in [0.29, 0.717) is 0 Å². The van der Waals surface area contributed by atoms with Crippen molar-refractivity contribution in [1.82, 2.24) is 0 Å². The first-order valence-corrected chi connectivity index (χ1v) is 7.42. The van der Waals surface area contributed by atoms with Crippen LogP contribution in [0.2, 0.25) is 0 Å². The number of rotatable bonds is 1. The third-order valence-corrected chi connectivity index (χ3v) is 4.21. The van der Waals surface area contributed by atoms with Crippen LogP contribution in [-0.4, -0.2) is 12.4 Å². The highest BCUT2D eigenvalue weighted by Crippen LogP contribution is 2.37. The second-order valence-electron chi connectivity index (χ2n) is 5.62. The van der Waals surface area contributed by atoms with Crippen LogP contribution in [0, 0.1) is 0 Å². The van der Waals surface area contributed by atoms with Crippen LogP contribution in [0.5, 0.6) is 0 Å². The van der Waals surface area contributed by atoms with Gasteiger partial charge in [-0.05, 0) is 53.6 Å². The lowest BCUT2D eigenvalue weighted by molar-refractivity contribution is 0.737. The van der Waals surface area contributed by atoms with Gasteiger partial charge in [-0.2, -0.15) is 0 Å². The number of benzene rings is 2. The molecule has 2 aromatic rings. The molecule has 0 saturated carbocycles. The molecule has 0 amide bonds. The zero-order valence-corrected chi connectivity index (χ0v) is 11.5. The van der Waals surface area contributed by atoms with Gasteiger partial charge in [-0.3, -0.25) is 4.99 Å². The van der Waals surface area contributed by atoms with Crippen molar-refractivity contribution in [2.45, 2.75) is 25.7 Å². The molecule has 0 atom stereocenters. The van der Waals surface area contributed by atoms with Crippen LogP contribution in [0.3, 0.4) is 0 Å². The third kappa shape index (κ3) is 2.01. The summed E-state index contributed by atoms with van der Waals surface area (Å²) in [6.45, 7) is 0.971. The van der Waals surface area contributed by atoms with Crippen molar-refractivity contribution in [2.75, 3.05) is 11.9 Å². The molecule has 20 heavy (non-hydrogen) atoms. The summed E-state index contributed by atoms with van der Waals surface area (Å²) in [6, 6.07) is 15.4. The van der Waals surface area contributed by atoms with E-state index >= 15 is 0 Å². The van der Waals surface area contributed by atoms with Crippen LogP contribution in [0.1, 0.15) is 30.4 Å². The topological polar surface area (TPSA) is 24.4 Å². The standard InChI is InChI=1S/C18H18N2/c1-2-6-16-13(5-1)11-14-12-15(8-9-17(14)16)20-18-7-3-4-10-19-18/h1-2,5-6,8-9,12H,3-4,7,10-11H2,(H,19,20). The second kappa shape index (κ2) is 4.78. The quantitative estimate of drug-likeness (QED) is 0.696. The number of fused-ring (bicyclic) bond motifs is 3. The Morgan fingerprint density at radius 2 is 1.80 bits per heavy atom. The monoisotopic (exact) mass is 262 g/mol. The van der Waals surface area contributed by atoms with Gasteiger partial charge in [0.1, 0.15) is 5.84 Å². The van der Waals surface area contributed by atoms with Gasteiger partial charge in [0, 0.05) is 18.7 Å². The lowest BCUT2D eigenvalue weighted by Crippen LogP contribution is -2.16. The Hall–Kier alpha value is -2.09. The highest BCUT2D eigenvalue weighted by Gasteiger charge is 2.18. The molecule has 2 aliphatic rings. The van der Waals surface area contributed by atoms with E-state index in [2.05, 4.69) is 52.8 Å². The molecule has 0 bridgehead atoms. The minimum absolute atomic E-state index is 0.971. The van der Waals surface area contributed by atoms with E-state index in [0.717, 1.165) is 25.2 Å². The van der Waals surface area contributed by atoms with Crippen LogP contribution >= 0.6 is 0 Å². The van der Waals surface area contributed by atoms with Crippen molar-refractivity contribution in [1.29, 1.82) is 0 Å². The van der Waals surface area contributed by atoms with E-state index in [4.69, 9.17) is 0 Å². The Labute approximate surface area is 119 Å². The highest BCUT2D eigenvalue weighted by atomic mass is 15.0. The molecule has 4 rings (SSSR count). The van der Waals surface area contributed by atoms with Gasteiger partial charge in [0.2, 0.25) is 0 Å². The van der Waals surface area contributed by atoms with E-state index in [1.807, 2.05) is 0 Å². The highest BCUT2D eigenvalue weighted by molar-refractivity contribution is 5.96. The van der Waals surface area contributed by atoms with Gasteiger partial charge < -0.3 is 5.32 Å². The maximum absolute atomic E-state index is 4.56. The molecule has 0 aromatic heterocycles. The van der Waals surface area contributed by atoms with Crippen molar-refractivity contribution < 1.29 is 0 Å². The minimum atomic E-state index is 0.971. The van der Waals surface area contributed by atoms with Crippen LogP contribution in [0.4, 0.5) is 5.69 Å². The van der Waals surface area contributed by atoms with E-state index in [1.165, 1.54) is 40.8 Å². The summed E-state index contributed by atoms with van der Waals surface area (Å²) in [5.41, 5.74) is 6.82. The SMILES string of the molecule is c1ccc2c(c1)Cc1cc(NC3=NCCCC3)ccc1-2. The average Bonchev–Trinajstić information content (AvgIpc) is 2.86. The zero-order chi connectivity index (χ0) is 13.4. The van der Waals surface area contributed by atoms with Gasteiger partial charge in [0.15, 0.2) is 0 Å². The van der Waals surface area contributed by atoms with Crippen molar-refractivity contribution in [3.63, 3.8) is 0 Å². The second-order valence-corrected chi connectivity index (χ2v) is 5.62. The smallest absolute Gasteiger partial charge is 0.101 e. The molecule has 0 fully saturated rings. The summed E-state index contributed by atoms with van der Waals surface area (Å²) in [7, 11) is 0. The van der Waals surface area contributed by atoms with Crippen molar-refractivity contribution >= 4 is 11.5 Å². The Morgan fingerprint density at radius 3 is 2.70 bits per heavy atom. The molecule has 0 saturated heterocycles. The summed E-state index contributed by atoms with van der Waals surface area (Å²) in [5.74, 6) is 1.15. The van der Waals surface area contributed by atoms with Gasteiger partial charge in [-0.25, -0.2) is 0 Å². The number of aliphatic imine (C=N–C) groups is 1. The summed E-state index contributed by atoms with van der Waals surface area (Å²) in [5, 5.41) is 3.49. The molecule has 0 unspecified atom stereocenters. The number of hydrogen-bond acceptors (Lipinski definition) is 2. The lowest BCUT2D eigenvalue weighted by atomic mass is 10.1. The lowest BCUT2D eigenvalue weighted by Gasteiger charge is -2.14. The van der Waals surface area contributed by atoms with E-state index in [1.54, 1.807) is 0 Å². The predicted molar refractivity (Wildman–Crippen MR) is 84.5 cm³/mol. The van der Waals surface area contributed by atoms with Gasteiger partial charge in [-0.15, -0.1) is 0 Å².